The van der Waals surface area contributed by atoms with Gasteiger partial charge in [0, 0.05) is 35.6 Å². The van der Waals surface area contributed by atoms with E-state index in [1.807, 2.05) is 19.1 Å². The van der Waals surface area contributed by atoms with Gasteiger partial charge in [0.1, 0.15) is 6.17 Å². The van der Waals surface area contributed by atoms with Crippen LogP contribution in [0.25, 0.3) is 10.8 Å². The maximum absolute atomic E-state index is 13.3. The van der Waals surface area contributed by atoms with Crippen LogP contribution in [0.1, 0.15) is 28.6 Å². The Morgan fingerprint density at radius 2 is 1.81 bits per heavy atom. The van der Waals surface area contributed by atoms with E-state index in [2.05, 4.69) is 45.5 Å². The standard InChI is InChI=1S/C23H27F3N6/c1-13-17(6-5-7-20(13)23(24,25)26)21(27)28-22-19-10-15(32-11-16(12-32)31(3)4)8-9-18(19)14(2)29-30-22/h5-10,16,21H,11-12,27H2,1-4H3,(H,28,30)/t21-/m0/s1. The van der Waals surface area contributed by atoms with E-state index in [9.17, 15) is 13.2 Å². The molecule has 0 spiro atoms. The Bertz CT molecular complexity index is 1140. The summed E-state index contributed by atoms with van der Waals surface area (Å²) in [5, 5.41) is 13.3. The minimum Gasteiger partial charge on any atom is -0.368 e. The average molecular weight is 445 g/mol. The molecule has 1 aromatic heterocycles. The van der Waals surface area contributed by atoms with E-state index < -0.39 is 17.9 Å². The smallest absolute Gasteiger partial charge is 0.368 e. The molecule has 32 heavy (non-hydrogen) atoms. The number of nitrogens with zero attached hydrogens (tertiary/aromatic N) is 4. The molecule has 1 aliphatic rings. The first-order valence-corrected chi connectivity index (χ1v) is 10.4. The topological polar surface area (TPSA) is 70.3 Å². The summed E-state index contributed by atoms with van der Waals surface area (Å²) in [6, 6.07) is 10.6. The molecule has 0 amide bonds. The molecule has 0 radical (unpaired) electrons. The molecule has 3 N–H and O–H groups in total. The summed E-state index contributed by atoms with van der Waals surface area (Å²) >= 11 is 0. The SMILES string of the molecule is Cc1c([C@@H](N)Nc2nnc(C)c3ccc(N4CC(N(C)C)C4)cc23)cccc1C(F)(F)F. The zero-order chi connectivity index (χ0) is 23.2. The summed E-state index contributed by atoms with van der Waals surface area (Å²) in [5.41, 5.74) is 7.90. The van der Waals surface area contributed by atoms with E-state index >= 15 is 0 Å². The molecule has 1 saturated heterocycles. The van der Waals surface area contributed by atoms with E-state index in [0.717, 1.165) is 41.3 Å². The quantitative estimate of drug-likeness (QED) is 0.578. The number of rotatable bonds is 5. The third kappa shape index (κ3) is 4.10. The van der Waals surface area contributed by atoms with Gasteiger partial charge < -0.3 is 20.9 Å². The Labute approximate surface area is 185 Å². The highest BCUT2D eigenvalue weighted by Gasteiger charge is 2.33. The number of aromatic nitrogens is 2. The Morgan fingerprint density at radius 3 is 2.47 bits per heavy atom. The summed E-state index contributed by atoms with van der Waals surface area (Å²) in [6.07, 6.45) is -5.31. The van der Waals surface area contributed by atoms with Crippen molar-refractivity contribution in [1.82, 2.24) is 15.1 Å². The van der Waals surface area contributed by atoms with Crippen molar-refractivity contribution in [3.8, 4) is 0 Å². The van der Waals surface area contributed by atoms with E-state index in [1.54, 1.807) is 6.07 Å². The van der Waals surface area contributed by atoms with Gasteiger partial charge in [-0.05, 0) is 57.3 Å². The summed E-state index contributed by atoms with van der Waals surface area (Å²) in [4.78, 5) is 4.48. The lowest BCUT2D eigenvalue weighted by Crippen LogP contribution is -2.57. The number of nitrogens with one attached hydrogen (secondary N) is 1. The van der Waals surface area contributed by atoms with Crippen molar-refractivity contribution in [3.63, 3.8) is 0 Å². The maximum atomic E-state index is 13.3. The minimum atomic E-state index is -4.44. The first-order chi connectivity index (χ1) is 15.1. The van der Waals surface area contributed by atoms with Gasteiger partial charge >= 0.3 is 6.18 Å². The Morgan fingerprint density at radius 1 is 1.09 bits per heavy atom. The van der Waals surface area contributed by atoms with E-state index in [0.29, 0.717) is 17.4 Å². The lowest BCUT2D eigenvalue weighted by atomic mass is 10.00. The van der Waals surface area contributed by atoms with Crippen LogP contribution in [0.4, 0.5) is 24.7 Å². The molecule has 1 atom stereocenters. The Hall–Kier alpha value is -2.91. The van der Waals surface area contributed by atoms with Gasteiger partial charge in [-0.2, -0.15) is 18.3 Å². The molecule has 9 heteroatoms. The normalized spacial score (nSPS) is 15.8. The van der Waals surface area contributed by atoms with Crippen molar-refractivity contribution < 1.29 is 13.2 Å². The van der Waals surface area contributed by atoms with Crippen LogP contribution in [-0.2, 0) is 6.18 Å². The van der Waals surface area contributed by atoms with E-state index in [4.69, 9.17) is 5.73 Å². The van der Waals surface area contributed by atoms with Gasteiger partial charge in [0.15, 0.2) is 5.82 Å². The third-order valence-electron chi connectivity index (χ3n) is 6.21. The fourth-order valence-corrected chi connectivity index (χ4v) is 4.10. The number of halogens is 3. The number of aryl methyl sites for hydroxylation is 1. The maximum Gasteiger partial charge on any atom is 0.416 e. The second-order valence-electron chi connectivity index (χ2n) is 8.53. The molecular formula is C23H27F3N6. The van der Waals surface area contributed by atoms with Crippen molar-refractivity contribution in [2.75, 3.05) is 37.4 Å². The summed E-state index contributed by atoms with van der Waals surface area (Å²) in [5.74, 6) is 0.446. The Balaban J connectivity index is 1.66. The molecular weight excluding hydrogens is 417 g/mol. The molecule has 170 valence electrons. The summed E-state index contributed by atoms with van der Waals surface area (Å²) in [6.45, 7) is 5.17. The number of likely N-dealkylation sites (N-methyl/N-ethyl adjacent to an activating group) is 1. The number of benzene rings is 2. The predicted molar refractivity (Wildman–Crippen MR) is 121 cm³/mol. The van der Waals surface area contributed by atoms with Gasteiger partial charge in [-0.1, -0.05) is 18.2 Å². The van der Waals surface area contributed by atoms with Gasteiger partial charge in [-0.3, -0.25) is 0 Å². The highest BCUT2D eigenvalue weighted by molar-refractivity contribution is 5.95. The number of alkyl halides is 3. The van der Waals surface area contributed by atoms with Crippen LogP contribution in [0.3, 0.4) is 0 Å². The van der Waals surface area contributed by atoms with Gasteiger partial charge in [0.25, 0.3) is 0 Å². The van der Waals surface area contributed by atoms with Crippen molar-refractivity contribution in [2.45, 2.75) is 32.2 Å². The first-order valence-electron chi connectivity index (χ1n) is 10.4. The van der Waals surface area contributed by atoms with Gasteiger partial charge in [-0.25, -0.2) is 0 Å². The monoisotopic (exact) mass is 444 g/mol. The van der Waals surface area contributed by atoms with Crippen LogP contribution in [0.15, 0.2) is 36.4 Å². The molecule has 0 bridgehead atoms. The highest BCUT2D eigenvalue weighted by Crippen LogP contribution is 2.35. The largest absolute Gasteiger partial charge is 0.416 e. The Kier molecular flexibility index (Phi) is 5.72. The van der Waals surface area contributed by atoms with Crippen LogP contribution in [-0.4, -0.2) is 48.3 Å². The molecule has 1 aliphatic heterocycles. The molecule has 2 heterocycles. The van der Waals surface area contributed by atoms with Crippen molar-refractivity contribution in [1.29, 1.82) is 0 Å². The number of hydrogen-bond donors (Lipinski definition) is 2. The lowest BCUT2D eigenvalue weighted by Gasteiger charge is -2.44. The number of anilines is 2. The highest BCUT2D eigenvalue weighted by atomic mass is 19.4. The van der Waals surface area contributed by atoms with Crippen molar-refractivity contribution in [2.24, 2.45) is 5.73 Å². The van der Waals surface area contributed by atoms with Crippen LogP contribution in [0.5, 0.6) is 0 Å². The predicted octanol–water partition coefficient (Wildman–Crippen LogP) is 4.09. The van der Waals surface area contributed by atoms with Crippen molar-refractivity contribution in [3.05, 3.63) is 58.8 Å². The van der Waals surface area contributed by atoms with Crippen LogP contribution in [0.2, 0.25) is 0 Å². The molecule has 0 unspecified atom stereocenters. The third-order valence-corrected chi connectivity index (χ3v) is 6.21. The zero-order valence-electron chi connectivity index (χ0n) is 18.5. The molecule has 1 fully saturated rings. The first kappa shape index (κ1) is 22.3. The average Bonchev–Trinajstić information content (AvgIpc) is 2.68. The second-order valence-corrected chi connectivity index (χ2v) is 8.53. The summed E-state index contributed by atoms with van der Waals surface area (Å²) < 4.78 is 40.0. The van der Waals surface area contributed by atoms with Gasteiger partial charge in [0.05, 0.1) is 11.3 Å². The summed E-state index contributed by atoms with van der Waals surface area (Å²) in [7, 11) is 4.14. The fraction of sp³-hybridized carbons (Fsp3) is 0.391. The van der Waals surface area contributed by atoms with Crippen LogP contribution >= 0.6 is 0 Å². The van der Waals surface area contributed by atoms with E-state index in [-0.39, 0.29) is 5.56 Å². The fourth-order valence-electron chi connectivity index (χ4n) is 4.10. The second kappa shape index (κ2) is 8.22. The van der Waals surface area contributed by atoms with Crippen LogP contribution in [0, 0.1) is 13.8 Å². The van der Waals surface area contributed by atoms with E-state index in [1.165, 1.54) is 13.0 Å². The molecule has 3 aromatic rings. The van der Waals surface area contributed by atoms with Crippen LogP contribution < -0.4 is 16.0 Å². The molecule has 6 nitrogen and oxygen atoms in total. The van der Waals surface area contributed by atoms with Gasteiger partial charge in [0.2, 0.25) is 0 Å². The molecule has 4 rings (SSSR count). The number of hydrogen-bond acceptors (Lipinski definition) is 6. The molecule has 2 aromatic carbocycles. The van der Waals surface area contributed by atoms with Crippen molar-refractivity contribution >= 4 is 22.3 Å². The number of fused-ring (bicyclic) bond motifs is 1. The molecule has 0 aliphatic carbocycles. The minimum absolute atomic E-state index is 0.0976. The lowest BCUT2D eigenvalue weighted by molar-refractivity contribution is -0.138. The number of nitrogens with two attached hydrogens (primary N) is 1. The van der Waals surface area contributed by atoms with Gasteiger partial charge in [-0.15, -0.1) is 5.10 Å². The molecule has 0 saturated carbocycles. The zero-order valence-corrected chi connectivity index (χ0v) is 18.5.